The topological polar surface area (TPSA) is 97.6 Å². The number of halogens is 1. The Morgan fingerprint density at radius 3 is 2.54 bits per heavy atom. The molecule has 2 aromatic rings. The van der Waals surface area contributed by atoms with Crippen molar-refractivity contribution >= 4 is 29.2 Å². The van der Waals surface area contributed by atoms with Gasteiger partial charge in [0.25, 0.3) is 5.91 Å². The Hall–Kier alpha value is -3.24. The van der Waals surface area contributed by atoms with Gasteiger partial charge in [0.15, 0.2) is 18.1 Å². The van der Waals surface area contributed by atoms with Crippen molar-refractivity contribution in [1.82, 2.24) is 0 Å². The van der Waals surface area contributed by atoms with E-state index in [9.17, 15) is 9.59 Å². The lowest BCUT2D eigenvalue weighted by Crippen LogP contribution is -2.21. The molecule has 2 rings (SSSR count). The van der Waals surface area contributed by atoms with Crippen LogP contribution in [0.2, 0.25) is 5.02 Å². The van der Waals surface area contributed by atoms with E-state index in [1.807, 2.05) is 13.0 Å². The molecular formula is C20H19ClN2O5. The van der Waals surface area contributed by atoms with Crippen LogP contribution < -0.4 is 14.8 Å². The van der Waals surface area contributed by atoms with Crippen LogP contribution in [0.4, 0.5) is 5.69 Å². The summed E-state index contributed by atoms with van der Waals surface area (Å²) in [6.07, 6.45) is 0.789. The summed E-state index contributed by atoms with van der Waals surface area (Å²) in [5.41, 5.74) is 1.10. The van der Waals surface area contributed by atoms with Crippen molar-refractivity contribution in [3.63, 3.8) is 0 Å². The molecule has 0 fully saturated rings. The number of esters is 1. The third-order valence-electron chi connectivity index (χ3n) is 3.55. The molecule has 0 unspecified atom stereocenters. The van der Waals surface area contributed by atoms with Crippen molar-refractivity contribution in [2.75, 3.05) is 25.6 Å². The number of carbonyl (C=O) groups excluding carboxylic acids is 2. The van der Waals surface area contributed by atoms with Crippen LogP contribution in [0.15, 0.2) is 36.4 Å². The smallest absolute Gasteiger partial charge is 0.338 e. The SMILES string of the molecule is CCCOc1c(Cl)cc(C(=O)OCC(=O)Nc2ccc(C#N)cc2)cc1OC. The minimum atomic E-state index is -0.725. The van der Waals surface area contributed by atoms with Gasteiger partial charge < -0.3 is 19.5 Å². The second-order valence-electron chi connectivity index (χ2n) is 5.65. The molecule has 0 aliphatic rings. The number of nitrogens with one attached hydrogen (secondary N) is 1. The number of nitriles is 1. The Kier molecular flexibility index (Phi) is 7.66. The molecule has 2 aromatic carbocycles. The highest BCUT2D eigenvalue weighted by atomic mass is 35.5. The number of anilines is 1. The first-order valence-electron chi connectivity index (χ1n) is 8.46. The van der Waals surface area contributed by atoms with Gasteiger partial charge in [-0.1, -0.05) is 18.5 Å². The van der Waals surface area contributed by atoms with Crippen LogP contribution in [0, 0.1) is 11.3 Å². The van der Waals surface area contributed by atoms with Crippen LogP contribution >= 0.6 is 11.6 Å². The average Bonchev–Trinajstić information content (AvgIpc) is 2.71. The fraction of sp³-hybridized carbons (Fsp3) is 0.250. The van der Waals surface area contributed by atoms with Crippen molar-refractivity contribution in [1.29, 1.82) is 5.26 Å². The number of benzene rings is 2. The van der Waals surface area contributed by atoms with Gasteiger partial charge in [-0.3, -0.25) is 4.79 Å². The van der Waals surface area contributed by atoms with E-state index in [1.165, 1.54) is 19.2 Å². The van der Waals surface area contributed by atoms with E-state index >= 15 is 0 Å². The third kappa shape index (κ3) is 5.63. The summed E-state index contributed by atoms with van der Waals surface area (Å²) >= 11 is 6.17. The fourth-order valence-corrected chi connectivity index (χ4v) is 2.49. The summed E-state index contributed by atoms with van der Waals surface area (Å²) in [5.74, 6) is -0.590. The van der Waals surface area contributed by atoms with E-state index in [0.29, 0.717) is 29.4 Å². The minimum Gasteiger partial charge on any atom is -0.493 e. The van der Waals surface area contributed by atoms with Crippen molar-refractivity contribution in [2.45, 2.75) is 13.3 Å². The summed E-state index contributed by atoms with van der Waals surface area (Å²) in [4.78, 5) is 24.2. The summed E-state index contributed by atoms with van der Waals surface area (Å²) in [7, 11) is 1.44. The summed E-state index contributed by atoms with van der Waals surface area (Å²) in [6, 6.07) is 11.1. The van der Waals surface area contributed by atoms with Gasteiger partial charge in [0.2, 0.25) is 0 Å². The third-order valence-corrected chi connectivity index (χ3v) is 3.83. The lowest BCUT2D eigenvalue weighted by atomic mass is 10.2. The van der Waals surface area contributed by atoms with Gasteiger partial charge in [-0.25, -0.2) is 4.79 Å². The van der Waals surface area contributed by atoms with Gasteiger partial charge in [-0.2, -0.15) is 5.26 Å². The van der Waals surface area contributed by atoms with E-state index in [1.54, 1.807) is 24.3 Å². The molecule has 0 saturated carbocycles. The maximum absolute atomic E-state index is 12.2. The maximum atomic E-state index is 12.2. The molecule has 0 spiro atoms. The van der Waals surface area contributed by atoms with Crippen LogP contribution in [0.25, 0.3) is 0 Å². The van der Waals surface area contributed by atoms with Gasteiger partial charge in [0.05, 0.1) is 35.9 Å². The predicted octanol–water partition coefficient (Wildman–Crippen LogP) is 3.80. The first-order chi connectivity index (χ1) is 13.5. The maximum Gasteiger partial charge on any atom is 0.338 e. The molecular weight excluding hydrogens is 384 g/mol. The van der Waals surface area contributed by atoms with E-state index in [0.717, 1.165) is 6.42 Å². The number of amides is 1. The Bertz CT molecular complexity index is 891. The first kappa shape index (κ1) is 21.1. The van der Waals surface area contributed by atoms with E-state index in [2.05, 4.69) is 5.32 Å². The zero-order chi connectivity index (χ0) is 20.5. The molecule has 0 aromatic heterocycles. The van der Waals surface area contributed by atoms with Gasteiger partial charge in [-0.15, -0.1) is 0 Å². The number of rotatable bonds is 8. The van der Waals surface area contributed by atoms with Crippen LogP contribution in [-0.2, 0) is 9.53 Å². The van der Waals surface area contributed by atoms with Crippen LogP contribution in [-0.4, -0.2) is 32.2 Å². The monoisotopic (exact) mass is 402 g/mol. The second kappa shape index (κ2) is 10.2. The Morgan fingerprint density at radius 2 is 1.93 bits per heavy atom. The largest absolute Gasteiger partial charge is 0.493 e. The van der Waals surface area contributed by atoms with Gasteiger partial charge in [-0.05, 0) is 42.8 Å². The lowest BCUT2D eigenvalue weighted by Gasteiger charge is -2.13. The Labute approximate surface area is 167 Å². The number of ether oxygens (including phenoxy) is 3. The minimum absolute atomic E-state index is 0.136. The number of methoxy groups -OCH3 is 1. The van der Waals surface area contributed by atoms with Crippen LogP contribution in [0.3, 0.4) is 0 Å². The molecule has 8 heteroatoms. The lowest BCUT2D eigenvalue weighted by molar-refractivity contribution is -0.119. The highest BCUT2D eigenvalue weighted by Gasteiger charge is 2.17. The van der Waals surface area contributed by atoms with E-state index < -0.39 is 18.5 Å². The van der Waals surface area contributed by atoms with Crippen molar-refractivity contribution in [3.05, 3.63) is 52.5 Å². The highest BCUT2D eigenvalue weighted by molar-refractivity contribution is 6.32. The molecule has 0 bridgehead atoms. The molecule has 0 saturated heterocycles. The number of hydrogen-bond donors (Lipinski definition) is 1. The van der Waals surface area contributed by atoms with Gasteiger partial charge in [0, 0.05) is 5.69 Å². The molecule has 0 aliphatic carbocycles. The number of hydrogen-bond acceptors (Lipinski definition) is 6. The normalized spacial score (nSPS) is 9.93. The van der Waals surface area contributed by atoms with Crippen molar-refractivity contribution < 1.29 is 23.8 Å². The quantitative estimate of drug-likeness (QED) is 0.674. The zero-order valence-electron chi connectivity index (χ0n) is 15.5. The summed E-state index contributed by atoms with van der Waals surface area (Å²) in [5, 5.41) is 11.5. The Balaban J connectivity index is 1.99. The van der Waals surface area contributed by atoms with Crippen molar-refractivity contribution in [3.8, 4) is 17.6 Å². The molecule has 1 N–H and O–H groups in total. The predicted molar refractivity (Wildman–Crippen MR) is 104 cm³/mol. The van der Waals surface area contributed by atoms with Gasteiger partial charge in [0.1, 0.15) is 0 Å². The zero-order valence-corrected chi connectivity index (χ0v) is 16.2. The molecule has 0 heterocycles. The molecule has 0 atom stereocenters. The van der Waals surface area contributed by atoms with E-state index in [-0.39, 0.29) is 10.6 Å². The molecule has 146 valence electrons. The standard InChI is InChI=1S/C20H19ClN2O5/c1-3-8-27-19-16(21)9-14(10-17(19)26-2)20(25)28-12-18(24)23-15-6-4-13(11-22)5-7-15/h4-7,9-10H,3,8,12H2,1-2H3,(H,23,24). The number of nitrogens with zero attached hydrogens (tertiary/aromatic N) is 1. The molecule has 0 radical (unpaired) electrons. The summed E-state index contributed by atoms with van der Waals surface area (Å²) in [6.45, 7) is 1.93. The summed E-state index contributed by atoms with van der Waals surface area (Å²) < 4.78 is 15.8. The van der Waals surface area contributed by atoms with Crippen LogP contribution in [0.5, 0.6) is 11.5 Å². The van der Waals surface area contributed by atoms with Crippen molar-refractivity contribution in [2.24, 2.45) is 0 Å². The molecule has 7 nitrogen and oxygen atoms in total. The number of carbonyl (C=O) groups is 2. The van der Waals surface area contributed by atoms with E-state index in [4.69, 9.17) is 31.1 Å². The Morgan fingerprint density at radius 1 is 1.21 bits per heavy atom. The molecule has 0 aliphatic heterocycles. The second-order valence-corrected chi connectivity index (χ2v) is 6.06. The average molecular weight is 403 g/mol. The molecule has 28 heavy (non-hydrogen) atoms. The van der Waals surface area contributed by atoms with Gasteiger partial charge >= 0.3 is 5.97 Å². The fourth-order valence-electron chi connectivity index (χ4n) is 2.22. The first-order valence-corrected chi connectivity index (χ1v) is 8.83. The highest BCUT2D eigenvalue weighted by Crippen LogP contribution is 2.36. The molecule has 1 amide bonds. The van der Waals surface area contributed by atoms with Crippen LogP contribution in [0.1, 0.15) is 29.3 Å².